The SMILES string of the molecule is CCN(CCNC(=O)c1cc(S(=O)(=O)CC)ccc1OC)Cc1ccc(Cl)cc1. The first-order valence-corrected chi connectivity index (χ1v) is 11.5. The van der Waals surface area contributed by atoms with Crippen LogP contribution in [0.4, 0.5) is 0 Å². The van der Waals surface area contributed by atoms with E-state index < -0.39 is 9.84 Å². The summed E-state index contributed by atoms with van der Waals surface area (Å²) in [6, 6.07) is 12.0. The number of nitrogens with zero attached hydrogens (tertiary/aromatic N) is 1. The van der Waals surface area contributed by atoms with Gasteiger partial charge < -0.3 is 10.1 Å². The third kappa shape index (κ3) is 6.45. The molecule has 0 unspecified atom stereocenters. The second-order valence-electron chi connectivity index (χ2n) is 6.52. The van der Waals surface area contributed by atoms with E-state index in [-0.39, 0.29) is 22.1 Å². The van der Waals surface area contributed by atoms with Crippen LogP contribution in [0.15, 0.2) is 47.4 Å². The minimum absolute atomic E-state index is 0.0312. The summed E-state index contributed by atoms with van der Waals surface area (Å²) in [6.07, 6.45) is 0. The fraction of sp³-hybridized carbons (Fsp3) is 0.381. The number of hydrogen-bond donors (Lipinski definition) is 1. The Labute approximate surface area is 177 Å². The van der Waals surface area contributed by atoms with E-state index in [0.29, 0.717) is 23.9 Å². The molecule has 0 saturated carbocycles. The zero-order valence-corrected chi connectivity index (χ0v) is 18.5. The van der Waals surface area contributed by atoms with Gasteiger partial charge in [-0.15, -0.1) is 0 Å². The molecule has 0 aliphatic carbocycles. The molecule has 0 aromatic heterocycles. The van der Waals surface area contributed by atoms with Crippen LogP contribution in [0.1, 0.15) is 29.8 Å². The number of ether oxygens (including phenoxy) is 1. The Morgan fingerprint density at radius 1 is 1.14 bits per heavy atom. The van der Waals surface area contributed by atoms with Crippen LogP contribution in [0.2, 0.25) is 5.02 Å². The summed E-state index contributed by atoms with van der Waals surface area (Å²) in [4.78, 5) is 14.9. The summed E-state index contributed by atoms with van der Waals surface area (Å²) in [7, 11) is -1.96. The number of hydrogen-bond acceptors (Lipinski definition) is 5. The van der Waals surface area contributed by atoms with Gasteiger partial charge in [0.2, 0.25) is 0 Å². The average molecular weight is 439 g/mol. The molecule has 1 amide bonds. The molecule has 29 heavy (non-hydrogen) atoms. The van der Waals surface area contributed by atoms with Gasteiger partial charge in [0.25, 0.3) is 5.91 Å². The number of carbonyl (C=O) groups excluding carboxylic acids is 1. The molecular weight excluding hydrogens is 412 g/mol. The van der Waals surface area contributed by atoms with Crippen molar-refractivity contribution < 1.29 is 17.9 Å². The smallest absolute Gasteiger partial charge is 0.255 e. The number of rotatable bonds is 10. The number of sulfone groups is 1. The average Bonchev–Trinajstić information content (AvgIpc) is 2.73. The van der Waals surface area contributed by atoms with Crippen LogP contribution < -0.4 is 10.1 Å². The first kappa shape index (κ1) is 23.2. The third-order valence-corrected chi connectivity index (χ3v) is 6.62. The molecule has 0 atom stereocenters. The Bertz CT molecular complexity index is 930. The molecule has 0 aliphatic heterocycles. The quantitative estimate of drug-likeness (QED) is 0.615. The zero-order valence-electron chi connectivity index (χ0n) is 16.9. The third-order valence-electron chi connectivity index (χ3n) is 4.63. The van der Waals surface area contributed by atoms with Crippen LogP contribution in [0.3, 0.4) is 0 Å². The standard InChI is InChI=1S/C21H27ClN2O4S/c1-4-24(15-16-6-8-17(22)9-7-16)13-12-23-21(25)19-14-18(29(26,27)5-2)10-11-20(19)28-3/h6-11,14H,4-5,12-13,15H2,1-3H3,(H,23,25). The van der Waals surface area contributed by atoms with Crippen LogP contribution in [-0.4, -0.2) is 51.7 Å². The van der Waals surface area contributed by atoms with E-state index in [1.165, 1.54) is 25.3 Å². The Hall–Kier alpha value is -2.09. The normalized spacial score (nSPS) is 11.5. The Kier molecular flexibility index (Phi) is 8.49. The van der Waals surface area contributed by atoms with Gasteiger partial charge in [0.1, 0.15) is 5.75 Å². The second kappa shape index (κ2) is 10.6. The summed E-state index contributed by atoms with van der Waals surface area (Å²) in [5, 5.41) is 3.55. The summed E-state index contributed by atoms with van der Waals surface area (Å²) in [6.45, 7) is 6.27. The largest absolute Gasteiger partial charge is 0.496 e. The predicted molar refractivity (Wildman–Crippen MR) is 115 cm³/mol. The van der Waals surface area contributed by atoms with Crippen molar-refractivity contribution in [2.45, 2.75) is 25.3 Å². The number of likely N-dealkylation sites (N-methyl/N-ethyl adjacent to an activating group) is 1. The number of halogens is 1. The molecule has 6 nitrogen and oxygen atoms in total. The first-order chi connectivity index (χ1) is 13.8. The molecule has 2 aromatic carbocycles. The van der Waals surface area contributed by atoms with Gasteiger partial charge in [-0.05, 0) is 42.4 Å². The van der Waals surface area contributed by atoms with Crippen molar-refractivity contribution in [1.82, 2.24) is 10.2 Å². The number of nitrogens with one attached hydrogen (secondary N) is 1. The predicted octanol–water partition coefficient (Wildman–Crippen LogP) is 3.39. The highest BCUT2D eigenvalue weighted by atomic mass is 35.5. The van der Waals surface area contributed by atoms with Gasteiger partial charge in [0, 0.05) is 24.7 Å². The molecule has 1 N–H and O–H groups in total. The molecule has 0 heterocycles. The lowest BCUT2D eigenvalue weighted by molar-refractivity contribution is 0.0945. The van der Waals surface area contributed by atoms with E-state index in [1.807, 2.05) is 24.3 Å². The van der Waals surface area contributed by atoms with E-state index in [1.54, 1.807) is 6.92 Å². The minimum Gasteiger partial charge on any atom is -0.496 e. The Morgan fingerprint density at radius 2 is 1.83 bits per heavy atom. The van der Waals surface area contributed by atoms with Crippen LogP contribution >= 0.6 is 11.6 Å². The molecule has 0 radical (unpaired) electrons. The van der Waals surface area contributed by atoms with Crippen LogP contribution in [0.25, 0.3) is 0 Å². The van der Waals surface area contributed by atoms with E-state index in [4.69, 9.17) is 16.3 Å². The maximum atomic E-state index is 12.6. The lowest BCUT2D eigenvalue weighted by Crippen LogP contribution is -2.34. The summed E-state index contributed by atoms with van der Waals surface area (Å²) in [5.41, 5.74) is 1.35. The van der Waals surface area contributed by atoms with Crippen molar-refractivity contribution in [3.05, 3.63) is 58.6 Å². The van der Waals surface area contributed by atoms with E-state index >= 15 is 0 Å². The van der Waals surface area contributed by atoms with Gasteiger partial charge in [-0.1, -0.05) is 37.6 Å². The van der Waals surface area contributed by atoms with E-state index in [2.05, 4.69) is 17.1 Å². The molecule has 2 rings (SSSR count). The monoisotopic (exact) mass is 438 g/mol. The maximum absolute atomic E-state index is 12.6. The molecule has 0 fully saturated rings. The van der Waals surface area contributed by atoms with Gasteiger partial charge in [0.05, 0.1) is 23.3 Å². The minimum atomic E-state index is -3.41. The van der Waals surface area contributed by atoms with Crippen molar-refractivity contribution in [3.63, 3.8) is 0 Å². The highest BCUT2D eigenvalue weighted by molar-refractivity contribution is 7.91. The van der Waals surface area contributed by atoms with Gasteiger partial charge in [-0.3, -0.25) is 9.69 Å². The number of benzene rings is 2. The van der Waals surface area contributed by atoms with Crippen molar-refractivity contribution >= 4 is 27.3 Å². The molecule has 0 aliphatic rings. The lowest BCUT2D eigenvalue weighted by Gasteiger charge is -2.21. The molecule has 0 spiro atoms. The Morgan fingerprint density at radius 3 is 2.41 bits per heavy atom. The Balaban J connectivity index is 2.02. The van der Waals surface area contributed by atoms with Gasteiger partial charge in [-0.2, -0.15) is 0 Å². The van der Waals surface area contributed by atoms with Crippen LogP contribution in [-0.2, 0) is 16.4 Å². The fourth-order valence-electron chi connectivity index (χ4n) is 2.84. The van der Waals surface area contributed by atoms with E-state index in [0.717, 1.165) is 18.7 Å². The van der Waals surface area contributed by atoms with Crippen LogP contribution in [0.5, 0.6) is 5.75 Å². The molecule has 0 bridgehead atoms. The number of methoxy groups -OCH3 is 1. The molecule has 8 heteroatoms. The number of amides is 1. The molecule has 158 valence electrons. The van der Waals surface area contributed by atoms with Crippen molar-refractivity contribution in [2.24, 2.45) is 0 Å². The van der Waals surface area contributed by atoms with Gasteiger partial charge >= 0.3 is 0 Å². The highest BCUT2D eigenvalue weighted by Gasteiger charge is 2.18. The van der Waals surface area contributed by atoms with Crippen LogP contribution in [0, 0.1) is 0 Å². The van der Waals surface area contributed by atoms with Crippen molar-refractivity contribution in [2.75, 3.05) is 32.5 Å². The summed E-state index contributed by atoms with van der Waals surface area (Å²) >= 11 is 5.92. The summed E-state index contributed by atoms with van der Waals surface area (Å²) in [5.74, 6) is -0.0556. The first-order valence-electron chi connectivity index (χ1n) is 9.46. The molecular formula is C21H27ClN2O4S. The molecule has 2 aromatic rings. The second-order valence-corrected chi connectivity index (χ2v) is 9.23. The zero-order chi connectivity index (χ0) is 21.4. The lowest BCUT2D eigenvalue weighted by atomic mass is 10.2. The van der Waals surface area contributed by atoms with Gasteiger partial charge in [-0.25, -0.2) is 8.42 Å². The fourth-order valence-corrected chi connectivity index (χ4v) is 3.88. The van der Waals surface area contributed by atoms with Crippen molar-refractivity contribution in [1.29, 1.82) is 0 Å². The molecule has 0 saturated heterocycles. The van der Waals surface area contributed by atoms with Crippen molar-refractivity contribution in [3.8, 4) is 5.75 Å². The van der Waals surface area contributed by atoms with E-state index in [9.17, 15) is 13.2 Å². The maximum Gasteiger partial charge on any atom is 0.255 e. The van der Waals surface area contributed by atoms with Gasteiger partial charge in [0.15, 0.2) is 9.84 Å². The topological polar surface area (TPSA) is 75.7 Å². The highest BCUT2D eigenvalue weighted by Crippen LogP contribution is 2.23. The number of carbonyl (C=O) groups is 1. The summed E-state index contributed by atoms with van der Waals surface area (Å²) < 4.78 is 29.5.